The Hall–Kier alpha value is -3.26. The van der Waals surface area contributed by atoms with Gasteiger partial charge in [-0.25, -0.2) is 9.69 Å². The number of hydrogen-bond donors (Lipinski definition) is 2. The molecule has 0 saturated carbocycles. The number of thioether (sulfide) groups is 1. The molecule has 8 heteroatoms. The lowest BCUT2D eigenvalue weighted by Gasteiger charge is -2.15. The van der Waals surface area contributed by atoms with Crippen molar-refractivity contribution in [3.05, 3.63) is 58.5 Å². The number of imide groups is 1. The number of aryl methyl sites for hydroxylation is 1. The topological polar surface area (TPSA) is 104 Å². The average molecular weight is 385 g/mol. The number of nitrogens with zero attached hydrogens (tertiary/aromatic N) is 1. The van der Waals surface area contributed by atoms with Gasteiger partial charge in [-0.15, -0.1) is 0 Å². The third-order valence-corrected chi connectivity index (χ3v) is 4.64. The quantitative estimate of drug-likeness (QED) is 0.760. The van der Waals surface area contributed by atoms with Crippen LogP contribution < -0.4 is 9.64 Å². The van der Waals surface area contributed by atoms with Crippen molar-refractivity contribution in [3.8, 4) is 11.5 Å². The molecule has 1 heterocycles. The maximum absolute atomic E-state index is 12.8. The van der Waals surface area contributed by atoms with Gasteiger partial charge in [-0.1, -0.05) is 18.2 Å². The summed E-state index contributed by atoms with van der Waals surface area (Å²) in [5.41, 5.74) is 1.48. The summed E-state index contributed by atoms with van der Waals surface area (Å²) in [6, 6.07) is 11.0. The van der Waals surface area contributed by atoms with Gasteiger partial charge in [0.05, 0.1) is 10.6 Å². The molecule has 2 amide bonds. The van der Waals surface area contributed by atoms with E-state index in [0.29, 0.717) is 22.6 Å². The van der Waals surface area contributed by atoms with Crippen LogP contribution in [0.1, 0.15) is 11.1 Å². The minimum Gasteiger partial charge on any atom is -0.508 e. The molecule has 0 unspecified atom stereocenters. The van der Waals surface area contributed by atoms with Crippen molar-refractivity contribution in [2.75, 3.05) is 11.5 Å². The van der Waals surface area contributed by atoms with E-state index in [1.807, 2.05) is 0 Å². The smallest absolute Gasteiger partial charge is 0.341 e. The molecule has 0 radical (unpaired) electrons. The molecule has 138 valence electrons. The summed E-state index contributed by atoms with van der Waals surface area (Å²) in [6.07, 6.45) is 1.50. The number of aliphatic carboxylic acids is 1. The first-order valence-corrected chi connectivity index (χ1v) is 8.69. The number of anilines is 1. The first-order chi connectivity index (χ1) is 12.9. The second kappa shape index (κ2) is 7.55. The van der Waals surface area contributed by atoms with Gasteiger partial charge in [-0.3, -0.25) is 9.59 Å². The van der Waals surface area contributed by atoms with Gasteiger partial charge < -0.3 is 14.9 Å². The van der Waals surface area contributed by atoms with Crippen LogP contribution in [0.3, 0.4) is 0 Å². The van der Waals surface area contributed by atoms with Gasteiger partial charge in [0.2, 0.25) is 0 Å². The molecule has 3 rings (SSSR count). The van der Waals surface area contributed by atoms with Crippen molar-refractivity contribution in [2.45, 2.75) is 6.92 Å². The van der Waals surface area contributed by atoms with Crippen LogP contribution in [0.25, 0.3) is 6.08 Å². The number of phenols is 1. The fourth-order valence-corrected chi connectivity index (χ4v) is 3.40. The fourth-order valence-electron chi connectivity index (χ4n) is 2.58. The van der Waals surface area contributed by atoms with Crippen molar-refractivity contribution in [1.82, 2.24) is 0 Å². The predicted octanol–water partition coefficient (Wildman–Crippen LogP) is 3.40. The third-order valence-electron chi connectivity index (χ3n) is 3.77. The highest BCUT2D eigenvalue weighted by atomic mass is 32.2. The SMILES string of the molecule is Cc1cc(O)ccc1N1C(=O)S/C(=C/c2ccccc2OCC(=O)O)C1=O. The van der Waals surface area contributed by atoms with Gasteiger partial charge in [-0.2, -0.15) is 0 Å². The molecule has 0 bridgehead atoms. The monoisotopic (exact) mass is 385 g/mol. The third kappa shape index (κ3) is 3.95. The van der Waals surface area contributed by atoms with Crippen LogP contribution in [0.4, 0.5) is 10.5 Å². The van der Waals surface area contributed by atoms with E-state index in [-0.39, 0.29) is 10.7 Å². The Labute approximate surface area is 158 Å². The van der Waals surface area contributed by atoms with Crippen LogP contribution >= 0.6 is 11.8 Å². The Balaban J connectivity index is 1.92. The van der Waals surface area contributed by atoms with Crippen LogP contribution in [-0.2, 0) is 9.59 Å². The largest absolute Gasteiger partial charge is 0.508 e. The average Bonchev–Trinajstić information content (AvgIpc) is 2.88. The number of rotatable bonds is 5. The van der Waals surface area contributed by atoms with Gasteiger partial charge in [0.15, 0.2) is 6.61 Å². The molecule has 1 saturated heterocycles. The maximum Gasteiger partial charge on any atom is 0.341 e. The summed E-state index contributed by atoms with van der Waals surface area (Å²) in [6.45, 7) is 1.18. The number of carboxylic acids is 1. The number of hydrogen-bond acceptors (Lipinski definition) is 6. The van der Waals surface area contributed by atoms with Gasteiger partial charge >= 0.3 is 5.97 Å². The summed E-state index contributed by atoms with van der Waals surface area (Å²) in [5.74, 6) is -1.27. The zero-order chi connectivity index (χ0) is 19.6. The maximum atomic E-state index is 12.8. The number of para-hydroxylation sites is 1. The highest BCUT2D eigenvalue weighted by molar-refractivity contribution is 8.19. The van der Waals surface area contributed by atoms with Crippen LogP contribution in [0, 0.1) is 6.92 Å². The van der Waals surface area contributed by atoms with E-state index in [1.165, 1.54) is 24.3 Å². The van der Waals surface area contributed by atoms with Crippen LogP contribution in [0.5, 0.6) is 11.5 Å². The Bertz CT molecular complexity index is 968. The van der Waals surface area contributed by atoms with Gasteiger partial charge in [0.25, 0.3) is 11.1 Å². The van der Waals surface area contributed by atoms with Crippen molar-refractivity contribution in [1.29, 1.82) is 0 Å². The van der Waals surface area contributed by atoms with E-state index in [2.05, 4.69) is 0 Å². The predicted molar refractivity (Wildman–Crippen MR) is 101 cm³/mol. The molecular formula is C19H15NO6S. The molecule has 2 N–H and O–H groups in total. The molecule has 2 aromatic carbocycles. The number of aromatic hydroxyl groups is 1. The molecule has 1 fully saturated rings. The van der Waals surface area contributed by atoms with E-state index in [1.54, 1.807) is 31.2 Å². The van der Waals surface area contributed by atoms with Gasteiger partial charge in [0, 0.05) is 5.56 Å². The minimum absolute atomic E-state index is 0.0447. The number of carboxylic acid groups (broad SMARTS) is 1. The van der Waals surface area contributed by atoms with Crippen molar-refractivity contribution < 1.29 is 29.3 Å². The summed E-state index contributed by atoms with van der Waals surface area (Å²) < 4.78 is 5.22. The number of carbonyl (C=O) groups excluding carboxylic acids is 2. The minimum atomic E-state index is -1.12. The van der Waals surface area contributed by atoms with Gasteiger partial charge in [0.1, 0.15) is 11.5 Å². The van der Waals surface area contributed by atoms with Gasteiger partial charge in [-0.05, 0) is 54.6 Å². The molecule has 0 atom stereocenters. The molecule has 0 spiro atoms. The molecule has 7 nitrogen and oxygen atoms in total. The lowest BCUT2D eigenvalue weighted by atomic mass is 10.1. The normalized spacial score (nSPS) is 15.4. The number of phenolic OH excluding ortho intramolecular Hbond substituents is 1. The Morgan fingerprint density at radius 3 is 2.67 bits per heavy atom. The van der Waals surface area contributed by atoms with Crippen molar-refractivity contribution in [3.63, 3.8) is 0 Å². The second-order valence-corrected chi connectivity index (χ2v) is 6.70. The molecule has 0 aliphatic carbocycles. The molecule has 1 aliphatic rings. The van der Waals surface area contributed by atoms with E-state index in [0.717, 1.165) is 16.7 Å². The number of benzene rings is 2. The second-order valence-electron chi connectivity index (χ2n) is 5.71. The lowest BCUT2D eigenvalue weighted by Crippen LogP contribution is -2.28. The zero-order valence-corrected chi connectivity index (χ0v) is 15.0. The molecular weight excluding hydrogens is 370 g/mol. The van der Waals surface area contributed by atoms with E-state index < -0.39 is 23.7 Å². The van der Waals surface area contributed by atoms with Crippen LogP contribution in [0.2, 0.25) is 0 Å². The first kappa shape index (κ1) is 18.5. The first-order valence-electron chi connectivity index (χ1n) is 7.88. The van der Waals surface area contributed by atoms with E-state index in [4.69, 9.17) is 9.84 Å². The van der Waals surface area contributed by atoms with Crippen molar-refractivity contribution >= 4 is 40.6 Å². The summed E-state index contributed by atoms with van der Waals surface area (Å²) in [4.78, 5) is 37.1. The number of carbonyl (C=O) groups is 3. The van der Waals surface area contributed by atoms with Crippen molar-refractivity contribution in [2.24, 2.45) is 0 Å². The number of amides is 2. The summed E-state index contributed by atoms with van der Waals surface area (Å²) >= 11 is 0.782. The van der Waals surface area contributed by atoms with Crippen LogP contribution in [0.15, 0.2) is 47.4 Å². The fraction of sp³-hybridized carbons (Fsp3) is 0.105. The number of ether oxygens (including phenoxy) is 1. The molecule has 1 aliphatic heterocycles. The Morgan fingerprint density at radius 1 is 1.22 bits per heavy atom. The summed E-state index contributed by atoms with van der Waals surface area (Å²) in [5, 5.41) is 17.8. The Morgan fingerprint density at radius 2 is 1.96 bits per heavy atom. The highest BCUT2D eigenvalue weighted by Crippen LogP contribution is 2.38. The summed E-state index contributed by atoms with van der Waals surface area (Å²) in [7, 11) is 0. The van der Waals surface area contributed by atoms with E-state index >= 15 is 0 Å². The molecule has 2 aromatic rings. The molecule has 0 aromatic heterocycles. The standard InChI is InChI=1S/C19H15NO6S/c1-11-8-13(21)6-7-14(11)20-18(24)16(27-19(20)25)9-12-4-2-3-5-15(12)26-10-17(22)23/h2-9,21H,10H2,1H3,(H,22,23)/b16-9+. The van der Waals surface area contributed by atoms with Crippen LogP contribution in [-0.4, -0.2) is 33.9 Å². The Kier molecular flexibility index (Phi) is 5.18. The van der Waals surface area contributed by atoms with E-state index in [9.17, 15) is 19.5 Å². The molecule has 27 heavy (non-hydrogen) atoms. The lowest BCUT2D eigenvalue weighted by molar-refractivity contribution is -0.139. The highest BCUT2D eigenvalue weighted by Gasteiger charge is 2.37. The zero-order valence-electron chi connectivity index (χ0n) is 14.2.